The van der Waals surface area contributed by atoms with Crippen molar-refractivity contribution in [3.63, 3.8) is 0 Å². The second kappa shape index (κ2) is 4.26. The summed E-state index contributed by atoms with van der Waals surface area (Å²) in [6.07, 6.45) is 0. The van der Waals surface area contributed by atoms with E-state index in [2.05, 4.69) is 0 Å². The molecule has 0 radical (unpaired) electrons. The van der Waals surface area contributed by atoms with E-state index in [1.807, 2.05) is 20.8 Å². The van der Waals surface area contributed by atoms with E-state index >= 15 is 0 Å². The van der Waals surface area contributed by atoms with Gasteiger partial charge in [-0.25, -0.2) is 8.42 Å². The Kier molecular flexibility index (Phi) is 3.55. The number of benzene rings is 1. The summed E-state index contributed by atoms with van der Waals surface area (Å²) in [5, 5.41) is 9.96. The van der Waals surface area contributed by atoms with E-state index in [-0.39, 0.29) is 16.9 Å². The van der Waals surface area contributed by atoms with Gasteiger partial charge in [-0.2, -0.15) is 0 Å². The van der Waals surface area contributed by atoms with Crippen molar-refractivity contribution >= 4 is 19.7 Å². The average molecular weight is 263 g/mol. The smallest absolute Gasteiger partial charge is 0.236 e. The lowest BCUT2D eigenvalue weighted by Gasteiger charge is -2.21. The number of hydrogen-bond donors (Lipinski definition) is 1. The van der Waals surface area contributed by atoms with Gasteiger partial charge in [0.25, 0.3) is 0 Å². The van der Waals surface area contributed by atoms with Crippen LogP contribution in [0.5, 0.6) is 5.75 Å². The van der Waals surface area contributed by atoms with Crippen LogP contribution in [0.15, 0.2) is 18.2 Å². The van der Waals surface area contributed by atoms with Gasteiger partial charge in [0.15, 0.2) is 0 Å². The molecule has 0 saturated heterocycles. The van der Waals surface area contributed by atoms with E-state index in [9.17, 15) is 13.5 Å². The fourth-order valence-electron chi connectivity index (χ4n) is 1.50. The molecule has 0 heterocycles. The second-order valence-corrected chi connectivity index (χ2v) is 7.52. The van der Waals surface area contributed by atoms with Gasteiger partial charge in [0.1, 0.15) is 5.75 Å². The van der Waals surface area contributed by atoms with Crippen LogP contribution in [0.1, 0.15) is 31.9 Å². The van der Waals surface area contributed by atoms with Crippen LogP contribution >= 0.6 is 10.7 Å². The standard InChI is InChI=1S/C11H15ClO3S/c1-11(2,3)9-6-4-5-8(10(9)13)7-16(12,14)15/h4-6,13H,7H2,1-3H3. The number of hydrogen-bond acceptors (Lipinski definition) is 3. The molecule has 1 aromatic rings. The maximum atomic E-state index is 11.0. The summed E-state index contributed by atoms with van der Waals surface area (Å²) in [7, 11) is 1.52. The van der Waals surface area contributed by atoms with Crippen molar-refractivity contribution in [2.24, 2.45) is 0 Å². The first-order chi connectivity index (χ1) is 7.11. The summed E-state index contributed by atoms with van der Waals surface area (Å²) in [6, 6.07) is 5.06. The van der Waals surface area contributed by atoms with Crippen LogP contribution in [-0.2, 0) is 20.2 Å². The number of aromatic hydroxyl groups is 1. The molecule has 1 aromatic carbocycles. The normalized spacial score (nSPS) is 12.8. The summed E-state index contributed by atoms with van der Waals surface area (Å²) in [5.41, 5.74) is 0.809. The van der Waals surface area contributed by atoms with Crippen LogP contribution in [0.25, 0.3) is 0 Å². The molecule has 0 saturated carbocycles. The zero-order valence-electron chi connectivity index (χ0n) is 9.49. The second-order valence-electron chi connectivity index (χ2n) is 4.75. The zero-order valence-corrected chi connectivity index (χ0v) is 11.1. The number of phenolic OH excluding ortho intramolecular Hbond substituents is 1. The maximum absolute atomic E-state index is 11.0. The molecule has 0 fully saturated rings. The summed E-state index contributed by atoms with van der Waals surface area (Å²) in [5.74, 6) is -0.344. The van der Waals surface area contributed by atoms with Gasteiger partial charge >= 0.3 is 0 Å². The van der Waals surface area contributed by atoms with Crippen molar-refractivity contribution in [2.45, 2.75) is 31.9 Å². The topological polar surface area (TPSA) is 54.4 Å². The van der Waals surface area contributed by atoms with Gasteiger partial charge in [0, 0.05) is 16.2 Å². The Morgan fingerprint density at radius 2 is 1.88 bits per heavy atom. The highest BCUT2D eigenvalue weighted by Crippen LogP contribution is 2.34. The number of para-hydroxylation sites is 1. The SMILES string of the molecule is CC(C)(C)c1cccc(CS(=O)(=O)Cl)c1O. The Morgan fingerprint density at radius 1 is 1.31 bits per heavy atom. The minimum absolute atomic E-state index is 0.0132. The Morgan fingerprint density at radius 3 is 2.31 bits per heavy atom. The first-order valence-corrected chi connectivity index (χ1v) is 7.33. The Balaban J connectivity index is 3.25. The van der Waals surface area contributed by atoms with Crippen molar-refractivity contribution in [3.8, 4) is 5.75 Å². The molecule has 1 rings (SSSR count). The van der Waals surface area contributed by atoms with E-state index in [1.165, 1.54) is 0 Å². The van der Waals surface area contributed by atoms with E-state index in [4.69, 9.17) is 10.7 Å². The van der Waals surface area contributed by atoms with Crippen LogP contribution in [-0.4, -0.2) is 13.5 Å². The van der Waals surface area contributed by atoms with Gasteiger partial charge in [0.05, 0.1) is 5.75 Å². The fourth-order valence-corrected chi connectivity index (χ4v) is 2.46. The molecule has 0 aliphatic rings. The predicted octanol–water partition coefficient (Wildman–Crippen LogP) is 2.76. The fraction of sp³-hybridized carbons (Fsp3) is 0.455. The van der Waals surface area contributed by atoms with Crippen LogP contribution < -0.4 is 0 Å². The summed E-state index contributed by atoms with van der Waals surface area (Å²) in [4.78, 5) is 0. The number of rotatable bonds is 2. The molecule has 0 spiro atoms. The minimum atomic E-state index is -3.65. The molecule has 0 atom stereocenters. The van der Waals surface area contributed by atoms with E-state index in [1.54, 1.807) is 18.2 Å². The molecule has 3 nitrogen and oxygen atoms in total. The lowest BCUT2D eigenvalue weighted by molar-refractivity contribution is 0.442. The van der Waals surface area contributed by atoms with Gasteiger partial charge in [-0.1, -0.05) is 39.0 Å². The van der Waals surface area contributed by atoms with E-state index in [0.717, 1.165) is 0 Å². The first kappa shape index (κ1) is 13.3. The molecule has 16 heavy (non-hydrogen) atoms. The summed E-state index contributed by atoms with van der Waals surface area (Å²) in [6.45, 7) is 5.84. The lowest BCUT2D eigenvalue weighted by atomic mass is 9.85. The molecule has 0 aromatic heterocycles. The molecular weight excluding hydrogens is 248 g/mol. The molecule has 0 aliphatic heterocycles. The third-order valence-corrected chi connectivity index (χ3v) is 3.24. The quantitative estimate of drug-likeness (QED) is 0.834. The minimum Gasteiger partial charge on any atom is -0.507 e. The van der Waals surface area contributed by atoms with Crippen molar-refractivity contribution < 1.29 is 13.5 Å². The third kappa shape index (κ3) is 3.39. The van der Waals surface area contributed by atoms with Crippen LogP contribution in [0.3, 0.4) is 0 Å². The highest BCUT2D eigenvalue weighted by atomic mass is 35.7. The summed E-state index contributed by atoms with van der Waals surface area (Å²) >= 11 is 0. The zero-order chi connectivity index (χ0) is 12.6. The molecule has 0 aliphatic carbocycles. The van der Waals surface area contributed by atoms with Crippen LogP contribution in [0, 0.1) is 0 Å². The van der Waals surface area contributed by atoms with Crippen molar-refractivity contribution in [3.05, 3.63) is 29.3 Å². The third-order valence-electron chi connectivity index (χ3n) is 2.26. The van der Waals surface area contributed by atoms with Crippen molar-refractivity contribution in [2.75, 3.05) is 0 Å². The average Bonchev–Trinajstić information content (AvgIpc) is 2.04. The number of halogens is 1. The van der Waals surface area contributed by atoms with E-state index < -0.39 is 9.05 Å². The lowest BCUT2D eigenvalue weighted by Crippen LogP contribution is -2.12. The Bertz CT molecular complexity index is 486. The van der Waals surface area contributed by atoms with Gasteiger partial charge < -0.3 is 5.11 Å². The highest BCUT2D eigenvalue weighted by Gasteiger charge is 2.21. The molecular formula is C11H15ClO3S. The largest absolute Gasteiger partial charge is 0.507 e. The maximum Gasteiger partial charge on any atom is 0.236 e. The van der Waals surface area contributed by atoms with Gasteiger partial charge in [-0.15, -0.1) is 0 Å². The monoisotopic (exact) mass is 262 g/mol. The van der Waals surface area contributed by atoms with Gasteiger partial charge in [0.2, 0.25) is 9.05 Å². The Labute approximate surface area is 100 Å². The molecule has 90 valence electrons. The molecule has 5 heteroatoms. The highest BCUT2D eigenvalue weighted by molar-refractivity contribution is 8.13. The van der Waals surface area contributed by atoms with Crippen LogP contribution in [0.4, 0.5) is 0 Å². The van der Waals surface area contributed by atoms with Crippen molar-refractivity contribution in [1.29, 1.82) is 0 Å². The summed E-state index contributed by atoms with van der Waals surface area (Å²) < 4.78 is 21.9. The number of phenols is 1. The van der Waals surface area contributed by atoms with Crippen molar-refractivity contribution in [1.82, 2.24) is 0 Å². The Hall–Kier alpha value is -0.740. The van der Waals surface area contributed by atoms with Gasteiger partial charge in [-0.3, -0.25) is 0 Å². The molecule has 0 unspecified atom stereocenters. The molecule has 1 N–H and O–H groups in total. The van der Waals surface area contributed by atoms with E-state index in [0.29, 0.717) is 11.1 Å². The van der Waals surface area contributed by atoms with Crippen LogP contribution in [0.2, 0.25) is 0 Å². The molecule has 0 amide bonds. The predicted molar refractivity (Wildman–Crippen MR) is 65.3 cm³/mol. The van der Waals surface area contributed by atoms with Gasteiger partial charge in [-0.05, 0) is 11.0 Å². The first-order valence-electron chi connectivity index (χ1n) is 4.85. The molecule has 0 bridgehead atoms.